The molecule has 128 valence electrons. The number of hydrogen-bond acceptors (Lipinski definition) is 5. The summed E-state index contributed by atoms with van der Waals surface area (Å²) in [5.74, 6) is 1.27. The molecule has 0 saturated carbocycles. The molecule has 0 amide bonds. The first kappa shape index (κ1) is 17.2. The molecule has 0 unspecified atom stereocenters. The van der Waals surface area contributed by atoms with Crippen molar-refractivity contribution in [2.75, 3.05) is 12.9 Å². The third-order valence-electron chi connectivity index (χ3n) is 3.76. The van der Waals surface area contributed by atoms with Crippen molar-refractivity contribution in [3.05, 3.63) is 58.9 Å². The van der Waals surface area contributed by atoms with E-state index in [0.717, 1.165) is 0 Å². The van der Waals surface area contributed by atoms with E-state index < -0.39 is 0 Å². The molecule has 0 saturated heterocycles. The molecule has 0 aliphatic carbocycles. The second kappa shape index (κ2) is 7.53. The lowest BCUT2D eigenvalue weighted by Crippen LogP contribution is -2.22. The number of ether oxygens (including phenoxy) is 1. The molecule has 0 bridgehead atoms. The second-order valence-electron chi connectivity index (χ2n) is 5.52. The van der Waals surface area contributed by atoms with Crippen LogP contribution in [-0.4, -0.2) is 28.2 Å². The average Bonchev–Trinajstić information content (AvgIpc) is 2.62. The minimum Gasteiger partial charge on any atom is -0.495 e. The molecule has 1 heterocycles. The summed E-state index contributed by atoms with van der Waals surface area (Å²) in [6, 6.07) is 14.6. The highest BCUT2D eigenvalue weighted by Crippen LogP contribution is 2.27. The van der Waals surface area contributed by atoms with E-state index in [2.05, 4.69) is 4.98 Å². The van der Waals surface area contributed by atoms with Crippen molar-refractivity contribution in [2.24, 2.45) is 0 Å². The van der Waals surface area contributed by atoms with E-state index in [1.807, 2.05) is 36.4 Å². The molecule has 6 heteroatoms. The van der Waals surface area contributed by atoms with Gasteiger partial charge in [0, 0.05) is 12.2 Å². The van der Waals surface area contributed by atoms with E-state index in [0.29, 0.717) is 39.7 Å². The van der Waals surface area contributed by atoms with Gasteiger partial charge in [-0.25, -0.2) is 4.98 Å². The molecule has 0 fully saturated rings. The van der Waals surface area contributed by atoms with Gasteiger partial charge in [-0.3, -0.25) is 14.2 Å². The first-order valence-electron chi connectivity index (χ1n) is 7.89. The molecular formula is C19H18N2O3S. The largest absolute Gasteiger partial charge is 0.495 e. The van der Waals surface area contributed by atoms with Crippen LogP contribution in [0.2, 0.25) is 0 Å². The van der Waals surface area contributed by atoms with Crippen LogP contribution in [0.25, 0.3) is 16.6 Å². The Hall–Kier alpha value is -2.60. The molecule has 1 aromatic heterocycles. The average molecular weight is 354 g/mol. The van der Waals surface area contributed by atoms with Crippen molar-refractivity contribution in [1.29, 1.82) is 0 Å². The van der Waals surface area contributed by atoms with Crippen LogP contribution < -0.4 is 10.3 Å². The van der Waals surface area contributed by atoms with E-state index in [9.17, 15) is 9.59 Å². The third kappa shape index (κ3) is 3.58. The Morgan fingerprint density at radius 1 is 1.16 bits per heavy atom. The van der Waals surface area contributed by atoms with Crippen molar-refractivity contribution in [1.82, 2.24) is 9.55 Å². The lowest BCUT2D eigenvalue weighted by atomic mass is 10.2. The van der Waals surface area contributed by atoms with E-state index in [-0.39, 0.29) is 11.3 Å². The van der Waals surface area contributed by atoms with Crippen LogP contribution in [0.5, 0.6) is 5.75 Å². The minimum atomic E-state index is -0.152. The summed E-state index contributed by atoms with van der Waals surface area (Å²) < 4.78 is 6.98. The number of carbonyl (C=O) groups is 1. The summed E-state index contributed by atoms with van der Waals surface area (Å²) in [5, 5.41) is 1.10. The highest BCUT2D eigenvalue weighted by Gasteiger charge is 2.16. The maximum absolute atomic E-state index is 13.1. The number of hydrogen-bond donors (Lipinski definition) is 0. The van der Waals surface area contributed by atoms with E-state index in [1.165, 1.54) is 11.8 Å². The van der Waals surface area contributed by atoms with Crippen LogP contribution >= 0.6 is 11.8 Å². The zero-order valence-corrected chi connectivity index (χ0v) is 14.9. The van der Waals surface area contributed by atoms with Gasteiger partial charge in [-0.05, 0) is 31.2 Å². The van der Waals surface area contributed by atoms with Gasteiger partial charge in [0.25, 0.3) is 5.56 Å². The van der Waals surface area contributed by atoms with Gasteiger partial charge in [-0.1, -0.05) is 36.0 Å². The van der Waals surface area contributed by atoms with E-state index in [4.69, 9.17) is 4.74 Å². The van der Waals surface area contributed by atoms with Gasteiger partial charge in [-0.2, -0.15) is 0 Å². The molecule has 0 aliphatic rings. The summed E-state index contributed by atoms with van der Waals surface area (Å²) in [4.78, 5) is 29.0. The molecule has 0 spiro atoms. The number of para-hydroxylation sites is 3. The smallest absolute Gasteiger partial charge is 0.266 e. The first-order valence-corrected chi connectivity index (χ1v) is 8.88. The molecule has 2 aromatic carbocycles. The van der Waals surface area contributed by atoms with Gasteiger partial charge in [0.2, 0.25) is 0 Å². The fraction of sp³-hybridized carbons (Fsp3) is 0.211. The molecule has 3 rings (SSSR count). The number of carbonyl (C=O) groups excluding carboxylic acids is 1. The first-order chi connectivity index (χ1) is 12.1. The monoisotopic (exact) mass is 354 g/mol. The number of ketones is 1. The molecule has 0 aliphatic heterocycles. The SMILES string of the molecule is COc1ccccc1-n1c(SCCC(C)=O)nc2ccccc2c1=O. The number of rotatable bonds is 6. The van der Waals surface area contributed by atoms with Crippen LogP contribution in [0, 0.1) is 0 Å². The highest BCUT2D eigenvalue weighted by molar-refractivity contribution is 7.99. The normalized spacial score (nSPS) is 10.8. The number of aromatic nitrogens is 2. The molecule has 0 radical (unpaired) electrons. The fourth-order valence-electron chi connectivity index (χ4n) is 2.52. The quantitative estimate of drug-likeness (QED) is 0.501. The molecular weight excluding hydrogens is 336 g/mol. The van der Waals surface area contributed by atoms with Gasteiger partial charge in [0.05, 0.1) is 23.7 Å². The fourth-order valence-corrected chi connectivity index (χ4v) is 3.57. The van der Waals surface area contributed by atoms with Gasteiger partial charge in [-0.15, -0.1) is 0 Å². The molecule has 5 nitrogen and oxygen atoms in total. The summed E-state index contributed by atoms with van der Waals surface area (Å²) in [6.07, 6.45) is 0.430. The van der Waals surface area contributed by atoms with Crippen molar-refractivity contribution in [3.8, 4) is 11.4 Å². The number of methoxy groups -OCH3 is 1. The Kier molecular flexibility index (Phi) is 5.19. The zero-order valence-electron chi connectivity index (χ0n) is 14.1. The topological polar surface area (TPSA) is 61.2 Å². The summed E-state index contributed by atoms with van der Waals surface area (Å²) >= 11 is 1.39. The predicted octanol–water partition coefficient (Wildman–Crippen LogP) is 3.47. The lowest BCUT2D eigenvalue weighted by Gasteiger charge is -2.15. The van der Waals surface area contributed by atoms with Crippen molar-refractivity contribution in [2.45, 2.75) is 18.5 Å². The van der Waals surface area contributed by atoms with E-state index >= 15 is 0 Å². The van der Waals surface area contributed by atoms with Gasteiger partial charge < -0.3 is 4.74 Å². The number of fused-ring (bicyclic) bond motifs is 1. The number of nitrogens with zero attached hydrogens (tertiary/aromatic N) is 2. The molecule has 25 heavy (non-hydrogen) atoms. The molecule has 3 aromatic rings. The van der Waals surface area contributed by atoms with Gasteiger partial charge >= 0.3 is 0 Å². The number of thioether (sulfide) groups is 1. The lowest BCUT2D eigenvalue weighted by molar-refractivity contribution is -0.116. The standard InChI is InChI=1S/C19H18N2O3S/c1-13(22)11-12-25-19-20-15-8-4-3-7-14(15)18(23)21(19)16-9-5-6-10-17(16)24-2/h3-10H,11-12H2,1-2H3. The molecule has 0 atom stereocenters. The Labute approximate surface area is 149 Å². The highest BCUT2D eigenvalue weighted by atomic mass is 32.2. The number of benzene rings is 2. The Morgan fingerprint density at radius 3 is 2.64 bits per heavy atom. The van der Waals surface area contributed by atoms with Crippen LogP contribution in [-0.2, 0) is 4.79 Å². The Bertz CT molecular complexity index is 982. The maximum Gasteiger partial charge on any atom is 0.266 e. The third-order valence-corrected chi connectivity index (χ3v) is 4.70. The van der Waals surface area contributed by atoms with Gasteiger partial charge in [0.1, 0.15) is 11.5 Å². The number of Topliss-reactive ketones (excluding diaryl/α,β-unsaturated/α-hetero) is 1. The molecule has 0 N–H and O–H groups in total. The summed E-state index contributed by atoms with van der Waals surface area (Å²) in [7, 11) is 1.57. The summed E-state index contributed by atoms with van der Waals surface area (Å²) in [6.45, 7) is 1.56. The van der Waals surface area contributed by atoms with Crippen molar-refractivity contribution >= 4 is 28.4 Å². The predicted molar refractivity (Wildman–Crippen MR) is 99.9 cm³/mol. The zero-order chi connectivity index (χ0) is 17.8. The van der Waals surface area contributed by atoms with Crippen LogP contribution in [0.15, 0.2) is 58.5 Å². The van der Waals surface area contributed by atoms with Crippen molar-refractivity contribution < 1.29 is 9.53 Å². The van der Waals surface area contributed by atoms with Gasteiger partial charge in [0.15, 0.2) is 5.16 Å². The van der Waals surface area contributed by atoms with Crippen LogP contribution in [0.4, 0.5) is 0 Å². The Morgan fingerprint density at radius 2 is 1.88 bits per heavy atom. The van der Waals surface area contributed by atoms with E-state index in [1.54, 1.807) is 30.7 Å². The Balaban J connectivity index is 2.21. The maximum atomic E-state index is 13.1. The summed E-state index contributed by atoms with van der Waals surface area (Å²) in [5.41, 5.74) is 1.13. The minimum absolute atomic E-state index is 0.111. The van der Waals surface area contributed by atoms with Crippen LogP contribution in [0.1, 0.15) is 13.3 Å². The van der Waals surface area contributed by atoms with Crippen molar-refractivity contribution in [3.63, 3.8) is 0 Å². The van der Waals surface area contributed by atoms with Crippen LogP contribution in [0.3, 0.4) is 0 Å². The second-order valence-corrected chi connectivity index (χ2v) is 6.59.